The molecule has 1 unspecified atom stereocenters. The number of likely N-dealkylation sites (tertiary alicyclic amines) is 1. The van der Waals surface area contributed by atoms with Gasteiger partial charge in [-0.25, -0.2) is 0 Å². The Balaban J connectivity index is 1.71. The van der Waals surface area contributed by atoms with Crippen molar-refractivity contribution in [3.05, 3.63) is 35.4 Å². The van der Waals surface area contributed by atoms with Gasteiger partial charge in [0.05, 0.1) is 0 Å². The van der Waals surface area contributed by atoms with Crippen molar-refractivity contribution in [2.75, 3.05) is 13.1 Å². The van der Waals surface area contributed by atoms with E-state index >= 15 is 0 Å². The number of fused-ring (bicyclic) bond motifs is 1. The first-order chi connectivity index (χ1) is 7.93. The monoisotopic (exact) mass is 214 g/mol. The lowest BCUT2D eigenvalue weighted by molar-refractivity contribution is 0.222. The van der Waals surface area contributed by atoms with Crippen LogP contribution in [0.4, 0.5) is 0 Å². The van der Waals surface area contributed by atoms with Gasteiger partial charge in [-0.05, 0) is 68.8 Å². The Morgan fingerprint density at radius 3 is 2.62 bits per heavy atom. The largest absolute Gasteiger partial charge is 0.300 e. The van der Waals surface area contributed by atoms with E-state index in [1.165, 1.54) is 51.6 Å². The molecule has 1 aliphatic carbocycles. The molecule has 16 heavy (non-hydrogen) atoms. The van der Waals surface area contributed by atoms with Crippen molar-refractivity contribution in [1.82, 2.24) is 4.90 Å². The Morgan fingerprint density at radius 2 is 1.81 bits per heavy atom. The van der Waals surface area contributed by atoms with Gasteiger partial charge in [-0.3, -0.25) is 0 Å². The van der Waals surface area contributed by atoms with Crippen LogP contribution in [0.25, 0.3) is 0 Å². The summed E-state index contributed by atoms with van der Waals surface area (Å²) >= 11 is 0. The van der Waals surface area contributed by atoms with Gasteiger partial charge in [0.2, 0.25) is 0 Å². The third-order valence-corrected chi connectivity index (χ3v) is 4.20. The SMILES string of the molecule is [c]1ccc2c(c1)CCC(N1CCCC1)CC2. The molecule has 1 heteroatoms. The van der Waals surface area contributed by atoms with Crippen LogP contribution in [0.3, 0.4) is 0 Å². The van der Waals surface area contributed by atoms with E-state index in [4.69, 9.17) is 0 Å². The zero-order chi connectivity index (χ0) is 10.8. The van der Waals surface area contributed by atoms with Crippen LogP contribution in [-0.4, -0.2) is 24.0 Å². The summed E-state index contributed by atoms with van der Waals surface area (Å²) in [5, 5.41) is 0. The Kier molecular flexibility index (Phi) is 2.96. The third kappa shape index (κ3) is 2.01. The molecule has 85 valence electrons. The Hall–Kier alpha value is -0.820. The zero-order valence-corrected chi connectivity index (χ0v) is 9.91. The molecule has 1 aromatic rings. The summed E-state index contributed by atoms with van der Waals surface area (Å²) in [4.78, 5) is 2.72. The molecular formula is C15H20N. The van der Waals surface area contributed by atoms with Gasteiger partial charge in [-0.1, -0.05) is 18.2 Å². The minimum absolute atomic E-state index is 0.842. The molecule has 1 atom stereocenters. The van der Waals surface area contributed by atoms with Crippen LogP contribution >= 0.6 is 0 Å². The van der Waals surface area contributed by atoms with E-state index in [0.29, 0.717) is 0 Å². The maximum atomic E-state index is 3.22. The lowest BCUT2D eigenvalue weighted by Crippen LogP contribution is -2.32. The van der Waals surface area contributed by atoms with Gasteiger partial charge in [0.15, 0.2) is 0 Å². The van der Waals surface area contributed by atoms with Crippen molar-refractivity contribution < 1.29 is 0 Å². The fraction of sp³-hybridized carbons (Fsp3) is 0.600. The molecule has 0 spiro atoms. The number of hydrogen-bond donors (Lipinski definition) is 0. The van der Waals surface area contributed by atoms with E-state index in [0.717, 1.165) is 6.04 Å². The molecule has 0 aromatic heterocycles. The van der Waals surface area contributed by atoms with Crippen LogP contribution in [0, 0.1) is 6.07 Å². The summed E-state index contributed by atoms with van der Waals surface area (Å²) in [6.45, 7) is 2.68. The molecule has 3 rings (SSSR count). The second kappa shape index (κ2) is 4.58. The lowest BCUT2D eigenvalue weighted by Gasteiger charge is -2.25. The van der Waals surface area contributed by atoms with E-state index in [1.807, 2.05) is 0 Å². The van der Waals surface area contributed by atoms with Crippen LogP contribution in [0.5, 0.6) is 0 Å². The van der Waals surface area contributed by atoms with Crippen LogP contribution in [0.1, 0.15) is 36.8 Å². The van der Waals surface area contributed by atoms with E-state index in [9.17, 15) is 0 Å². The minimum atomic E-state index is 0.842. The van der Waals surface area contributed by atoms with Gasteiger partial charge in [0.25, 0.3) is 0 Å². The molecule has 2 aliphatic rings. The summed E-state index contributed by atoms with van der Waals surface area (Å²) in [7, 11) is 0. The van der Waals surface area contributed by atoms with E-state index in [-0.39, 0.29) is 0 Å². The second-order valence-corrected chi connectivity index (χ2v) is 5.17. The fourth-order valence-corrected chi connectivity index (χ4v) is 3.23. The first kappa shape index (κ1) is 10.3. The van der Waals surface area contributed by atoms with E-state index < -0.39 is 0 Å². The molecule has 1 nitrogen and oxygen atoms in total. The predicted octanol–water partition coefficient (Wildman–Crippen LogP) is 2.83. The van der Waals surface area contributed by atoms with Crippen LogP contribution < -0.4 is 0 Å². The maximum Gasteiger partial charge on any atom is 0.0102 e. The van der Waals surface area contributed by atoms with Gasteiger partial charge < -0.3 is 4.90 Å². The topological polar surface area (TPSA) is 3.24 Å². The Morgan fingerprint density at radius 1 is 1.06 bits per heavy atom. The number of aryl methyl sites for hydroxylation is 2. The third-order valence-electron chi connectivity index (χ3n) is 4.20. The van der Waals surface area contributed by atoms with Crippen molar-refractivity contribution in [3.63, 3.8) is 0 Å². The molecule has 0 amide bonds. The van der Waals surface area contributed by atoms with Gasteiger partial charge in [-0.2, -0.15) is 0 Å². The molecule has 1 fully saturated rings. The highest BCUT2D eigenvalue weighted by molar-refractivity contribution is 5.28. The van der Waals surface area contributed by atoms with Crippen LogP contribution in [0.15, 0.2) is 18.2 Å². The van der Waals surface area contributed by atoms with Crippen molar-refractivity contribution in [1.29, 1.82) is 0 Å². The zero-order valence-electron chi connectivity index (χ0n) is 9.91. The van der Waals surface area contributed by atoms with Crippen LogP contribution in [0.2, 0.25) is 0 Å². The van der Waals surface area contributed by atoms with Crippen molar-refractivity contribution >= 4 is 0 Å². The van der Waals surface area contributed by atoms with Crippen molar-refractivity contribution in [3.8, 4) is 0 Å². The van der Waals surface area contributed by atoms with Crippen molar-refractivity contribution in [2.24, 2.45) is 0 Å². The molecule has 1 aliphatic heterocycles. The first-order valence-electron chi connectivity index (χ1n) is 6.65. The molecule has 1 radical (unpaired) electrons. The first-order valence-corrected chi connectivity index (χ1v) is 6.65. The molecular weight excluding hydrogens is 194 g/mol. The normalized spacial score (nSPS) is 23.0. The molecule has 1 heterocycles. The number of benzene rings is 1. The summed E-state index contributed by atoms with van der Waals surface area (Å²) in [5.74, 6) is 0. The van der Waals surface area contributed by atoms with Gasteiger partial charge in [0.1, 0.15) is 0 Å². The number of nitrogens with zero attached hydrogens (tertiary/aromatic N) is 1. The molecule has 0 saturated carbocycles. The molecule has 1 saturated heterocycles. The smallest absolute Gasteiger partial charge is 0.0102 e. The highest BCUT2D eigenvalue weighted by Crippen LogP contribution is 2.25. The van der Waals surface area contributed by atoms with E-state index in [1.54, 1.807) is 11.1 Å². The predicted molar refractivity (Wildman–Crippen MR) is 66.5 cm³/mol. The molecule has 0 N–H and O–H groups in total. The highest BCUT2D eigenvalue weighted by atomic mass is 15.2. The Bertz CT molecular complexity index is 325. The summed E-state index contributed by atoms with van der Waals surface area (Å²) in [5.41, 5.74) is 3.12. The van der Waals surface area contributed by atoms with Crippen LogP contribution in [-0.2, 0) is 12.8 Å². The van der Waals surface area contributed by atoms with Gasteiger partial charge in [-0.15, -0.1) is 0 Å². The van der Waals surface area contributed by atoms with Crippen molar-refractivity contribution in [2.45, 2.75) is 44.6 Å². The summed E-state index contributed by atoms with van der Waals surface area (Å²) < 4.78 is 0. The minimum Gasteiger partial charge on any atom is -0.300 e. The average Bonchev–Trinajstić information content (AvgIpc) is 2.76. The maximum absolute atomic E-state index is 3.22. The summed E-state index contributed by atoms with van der Waals surface area (Å²) in [6.07, 6.45) is 8.06. The van der Waals surface area contributed by atoms with Gasteiger partial charge >= 0.3 is 0 Å². The number of hydrogen-bond acceptors (Lipinski definition) is 1. The standard InChI is InChI=1S/C15H20N/c1-2-6-14-8-10-15(9-7-13(14)5-1)16-11-3-4-12-16/h1,5-6,15H,3-4,7-12H2. The quantitative estimate of drug-likeness (QED) is 0.650. The fourth-order valence-electron chi connectivity index (χ4n) is 3.23. The van der Waals surface area contributed by atoms with E-state index in [2.05, 4.69) is 29.2 Å². The Labute approximate surface area is 98.5 Å². The average molecular weight is 214 g/mol. The lowest BCUT2D eigenvalue weighted by atomic mass is 10.0. The molecule has 1 aromatic carbocycles. The molecule has 0 bridgehead atoms. The van der Waals surface area contributed by atoms with Gasteiger partial charge in [0, 0.05) is 6.04 Å². The summed E-state index contributed by atoms with van der Waals surface area (Å²) in [6, 6.07) is 10.6. The highest BCUT2D eigenvalue weighted by Gasteiger charge is 2.23. The number of rotatable bonds is 1. The second-order valence-electron chi connectivity index (χ2n) is 5.17.